The van der Waals surface area contributed by atoms with Gasteiger partial charge in [-0.2, -0.15) is 4.57 Å². The van der Waals surface area contributed by atoms with Crippen LogP contribution in [0.1, 0.15) is 16.1 Å². The van der Waals surface area contributed by atoms with E-state index < -0.39 is 163 Å². The molecule has 0 atom stereocenters. The number of aliphatic carboxylic acids is 1. The smallest absolute Gasteiger partial charge is 0.404 e. The van der Waals surface area contributed by atoms with Crippen LogP contribution in [0.25, 0.3) is 0 Å². The minimum absolute atomic E-state index is 0.317. The van der Waals surface area contributed by atoms with Gasteiger partial charge in [0.05, 0.1) is 0 Å². The predicted octanol–water partition coefficient (Wildman–Crippen LogP) is 7.11. The molecule has 1 heterocycles. The lowest BCUT2D eigenvalue weighted by Gasteiger charge is -2.44. The fourth-order valence-electron chi connectivity index (χ4n) is 6.66. The first kappa shape index (κ1) is 48.9. The third-order valence-corrected chi connectivity index (χ3v) is 9.38. The van der Waals surface area contributed by atoms with E-state index in [2.05, 4.69) is 0 Å². The number of carboxylic acids is 1. The van der Waals surface area contributed by atoms with Crippen LogP contribution in [0.5, 0.6) is 0 Å². The summed E-state index contributed by atoms with van der Waals surface area (Å²) in [5.74, 6) is -73.2. The van der Waals surface area contributed by atoms with E-state index in [0.29, 0.717) is 12.2 Å². The average molecular weight is 951 g/mol. The van der Waals surface area contributed by atoms with Gasteiger partial charge in [0.15, 0.2) is 89.2 Å². The summed E-state index contributed by atoms with van der Waals surface area (Å²) in [5, 5.41) is 8.53. The van der Waals surface area contributed by atoms with Crippen LogP contribution in [0, 0.1) is 116 Å². The van der Waals surface area contributed by atoms with Crippen LogP contribution in [0.15, 0.2) is 54.7 Å². The van der Waals surface area contributed by atoms with Crippen molar-refractivity contribution in [3.05, 3.63) is 182 Å². The molecule has 0 radical (unpaired) electrons. The van der Waals surface area contributed by atoms with Gasteiger partial charge >= 0.3 is 11.9 Å². The second-order valence-corrected chi connectivity index (χ2v) is 13.0. The number of benzene rings is 5. The van der Waals surface area contributed by atoms with E-state index in [-0.39, 0.29) is 0 Å². The molecule has 1 aromatic heterocycles. The average Bonchev–Trinajstić information content (AvgIpc) is 3.28. The Bertz CT molecular complexity index is 2540. The lowest BCUT2D eigenvalue weighted by atomic mass is 9.12. The molecule has 5 aromatic carbocycles. The highest BCUT2D eigenvalue weighted by atomic mass is 19.2. The van der Waals surface area contributed by atoms with Crippen molar-refractivity contribution in [2.24, 2.45) is 0 Å². The lowest BCUT2D eigenvalue weighted by molar-refractivity contribution is -0.690. The molecular formula is C39H14BF20NO4. The van der Waals surface area contributed by atoms with Gasteiger partial charge in [0.1, 0.15) is 52.7 Å². The predicted molar refractivity (Wildman–Crippen MR) is 179 cm³/mol. The number of ether oxygens (including phenoxy) is 1. The standard InChI is InChI=1S/C24BF20.C15H13NO4/c26-5-1(6(27)14(35)21(42)13(5)34)25(2-7(28)15(36)22(43)16(37)8(2)29,3-9(30)17(38)23(44)18(39)10(3)31)4-11(32)19(40)24(45)20(41)12(4)33;17-14(18)11-20-15(19)13-8-4-5-9-16(13)10-12-6-2-1-3-7-12/h;1-9H,10-11H2/q-1;/p+1. The maximum absolute atomic E-state index is 15.4. The number of carboxylic acid groups (broad SMARTS) is 1. The highest BCUT2D eigenvalue weighted by molar-refractivity contribution is 7.20. The molecule has 6 aromatic rings. The zero-order valence-electron chi connectivity index (χ0n) is 30.9. The van der Waals surface area contributed by atoms with Crippen LogP contribution < -0.4 is 26.4 Å². The Balaban J connectivity index is 0.000000330. The van der Waals surface area contributed by atoms with Crippen molar-refractivity contribution in [2.75, 3.05) is 6.61 Å². The van der Waals surface area contributed by atoms with E-state index in [9.17, 15) is 62.3 Å². The molecule has 26 heteroatoms. The summed E-state index contributed by atoms with van der Waals surface area (Å²) in [6, 6.07) is 14.8. The van der Waals surface area contributed by atoms with Crippen molar-refractivity contribution in [3.8, 4) is 0 Å². The normalized spacial score (nSPS) is 11.4. The third kappa shape index (κ3) is 8.15. The first-order valence-electron chi connectivity index (χ1n) is 17.0. The molecule has 6 rings (SSSR count). The lowest BCUT2D eigenvalue weighted by Crippen LogP contribution is -2.81. The summed E-state index contributed by atoms with van der Waals surface area (Å²) in [6.45, 7) is -0.127. The molecule has 0 spiro atoms. The van der Waals surface area contributed by atoms with Crippen LogP contribution in [-0.2, 0) is 16.1 Å². The number of nitrogens with zero attached hydrogens (tertiary/aromatic N) is 1. The summed E-state index contributed by atoms with van der Waals surface area (Å²) in [7, 11) is 0. The fraction of sp³-hybridized carbons (Fsp3) is 0.0513. The molecule has 342 valence electrons. The number of hydrogen-bond acceptors (Lipinski definition) is 3. The summed E-state index contributed by atoms with van der Waals surface area (Å²) in [5.41, 5.74) is -13.0. The van der Waals surface area contributed by atoms with Crippen LogP contribution in [0.4, 0.5) is 87.8 Å². The Hall–Kier alpha value is -7.15. The number of aromatic nitrogens is 1. The van der Waals surface area contributed by atoms with Gasteiger partial charge in [-0.15, -0.1) is 21.9 Å². The zero-order chi connectivity index (χ0) is 48.7. The van der Waals surface area contributed by atoms with E-state index in [4.69, 9.17) is 9.84 Å². The minimum Gasteiger partial charge on any atom is -0.479 e. The van der Waals surface area contributed by atoms with Crippen molar-refractivity contribution in [2.45, 2.75) is 6.54 Å². The minimum atomic E-state index is -7.22. The largest absolute Gasteiger partial charge is 0.479 e. The van der Waals surface area contributed by atoms with Gasteiger partial charge in [-0.05, 0) is 6.07 Å². The molecule has 0 bridgehead atoms. The van der Waals surface area contributed by atoms with Gasteiger partial charge < -0.3 is 9.84 Å². The van der Waals surface area contributed by atoms with Crippen molar-refractivity contribution < 1.29 is 112 Å². The van der Waals surface area contributed by atoms with Gasteiger partial charge in [-0.25, -0.2) is 97.4 Å². The molecule has 0 unspecified atom stereocenters. The molecule has 0 saturated heterocycles. The molecule has 0 aliphatic carbocycles. The first-order valence-corrected chi connectivity index (χ1v) is 17.0. The summed E-state index contributed by atoms with van der Waals surface area (Å²) in [6.07, 6.45) is -5.46. The maximum atomic E-state index is 15.4. The Morgan fingerprint density at radius 3 is 0.985 bits per heavy atom. The second-order valence-electron chi connectivity index (χ2n) is 13.0. The van der Waals surface area contributed by atoms with Crippen LogP contribution in [-0.4, -0.2) is 29.8 Å². The van der Waals surface area contributed by atoms with Crippen LogP contribution >= 0.6 is 0 Å². The number of halogens is 20. The van der Waals surface area contributed by atoms with Gasteiger partial charge in [-0.1, -0.05) is 30.3 Å². The van der Waals surface area contributed by atoms with Crippen LogP contribution in [0.2, 0.25) is 0 Å². The molecular weight excluding hydrogens is 937 g/mol. The number of carbonyl (C=O) groups is 2. The Kier molecular flexibility index (Phi) is 13.9. The molecule has 65 heavy (non-hydrogen) atoms. The topological polar surface area (TPSA) is 67.5 Å². The molecule has 0 saturated carbocycles. The highest BCUT2D eigenvalue weighted by Gasteiger charge is 2.52. The van der Waals surface area contributed by atoms with Gasteiger partial charge in [0, 0.05) is 17.7 Å². The highest BCUT2D eigenvalue weighted by Crippen LogP contribution is 2.30. The third-order valence-electron chi connectivity index (χ3n) is 9.38. The van der Waals surface area contributed by atoms with E-state index >= 15 is 35.1 Å². The van der Waals surface area contributed by atoms with E-state index in [1.54, 1.807) is 29.0 Å². The number of pyridine rings is 1. The van der Waals surface area contributed by atoms with Gasteiger partial charge in [0.2, 0.25) is 0 Å². The number of rotatable bonds is 9. The van der Waals surface area contributed by atoms with Gasteiger partial charge in [0.25, 0.3) is 5.69 Å². The first-order chi connectivity index (χ1) is 30.4. The Labute approximate surface area is 347 Å². The number of esters is 1. The molecule has 0 fully saturated rings. The maximum Gasteiger partial charge on any atom is 0.404 e. The second kappa shape index (κ2) is 18.5. The number of hydrogen-bond donors (Lipinski definition) is 1. The van der Waals surface area contributed by atoms with Crippen molar-refractivity contribution >= 4 is 39.9 Å². The Morgan fingerprint density at radius 2 is 0.692 bits per heavy atom. The van der Waals surface area contributed by atoms with Crippen molar-refractivity contribution in [1.82, 2.24) is 0 Å². The van der Waals surface area contributed by atoms with E-state index in [0.717, 1.165) is 5.56 Å². The quantitative estimate of drug-likeness (QED) is 0.0420. The van der Waals surface area contributed by atoms with E-state index in [1.807, 2.05) is 30.3 Å². The molecule has 0 amide bonds. The molecule has 1 N–H and O–H groups in total. The monoisotopic (exact) mass is 951 g/mol. The summed E-state index contributed by atoms with van der Waals surface area (Å²) in [4.78, 5) is 22.3. The van der Waals surface area contributed by atoms with Crippen molar-refractivity contribution in [3.63, 3.8) is 0 Å². The van der Waals surface area contributed by atoms with Crippen molar-refractivity contribution in [1.29, 1.82) is 0 Å². The molecule has 0 aliphatic rings. The zero-order valence-corrected chi connectivity index (χ0v) is 30.9. The van der Waals surface area contributed by atoms with E-state index in [1.165, 1.54) is 0 Å². The number of carbonyl (C=O) groups excluding carboxylic acids is 1. The fourth-order valence-corrected chi connectivity index (χ4v) is 6.66. The van der Waals surface area contributed by atoms with Crippen LogP contribution in [0.3, 0.4) is 0 Å². The summed E-state index contributed by atoms with van der Waals surface area (Å²) >= 11 is 0. The van der Waals surface area contributed by atoms with Gasteiger partial charge in [-0.3, -0.25) is 0 Å². The SMILES string of the molecule is Fc1c(F)c(F)c([B-](c2c(F)c(F)c(F)c(F)c2F)(c2c(F)c(F)c(F)c(F)c2F)c2c(F)c(F)c(F)c(F)c2F)c(F)c1F.O=C(O)COC(=O)c1cccc[n+]1Cc1ccccc1. The molecule has 0 aliphatic heterocycles. The Morgan fingerprint density at radius 1 is 0.415 bits per heavy atom. The summed E-state index contributed by atoms with van der Waals surface area (Å²) < 4.78 is 300. The molecule has 5 nitrogen and oxygen atoms in total.